The van der Waals surface area contributed by atoms with Crippen LogP contribution >= 0.6 is 0 Å². The Kier molecular flexibility index (Phi) is 4.58. The van der Waals surface area contributed by atoms with E-state index in [2.05, 4.69) is 34.1 Å². The van der Waals surface area contributed by atoms with Gasteiger partial charge in [-0.15, -0.1) is 0 Å². The van der Waals surface area contributed by atoms with E-state index in [0.717, 1.165) is 5.92 Å². The molecule has 3 rings (SSSR count). The van der Waals surface area contributed by atoms with Crippen molar-refractivity contribution in [1.29, 1.82) is 0 Å². The van der Waals surface area contributed by atoms with Crippen LogP contribution in [0.5, 0.6) is 0 Å². The lowest BCUT2D eigenvalue weighted by atomic mass is 9.96. The first kappa shape index (κ1) is 13.9. The first-order valence-electron chi connectivity index (χ1n) is 8.11. The predicted octanol–water partition coefficient (Wildman–Crippen LogP) is 2.46. The maximum absolute atomic E-state index is 5.66. The Morgan fingerprint density at radius 3 is 2.20 bits per heavy atom. The highest BCUT2D eigenvalue weighted by molar-refractivity contribution is 5.47. The van der Waals surface area contributed by atoms with Gasteiger partial charge in [-0.3, -0.25) is 0 Å². The summed E-state index contributed by atoms with van der Waals surface area (Å²) in [6.45, 7) is 7.06. The molecular weight excluding hydrogens is 246 g/mol. The second-order valence-electron chi connectivity index (χ2n) is 6.31. The van der Waals surface area contributed by atoms with E-state index >= 15 is 0 Å². The van der Waals surface area contributed by atoms with Crippen LogP contribution in [-0.2, 0) is 6.54 Å². The van der Waals surface area contributed by atoms with Gasteiger partial charge >= 0.3 is 0 Å². The molecule has 0 bridgehead atoms. The first-order valence-corrected chi connectivity index (χ1v) is 8.11. The van der Waals surface area contributed by atoms with E-state index in [4.69, 9.17) is 5.73 Å². The molecule has 0 aliphatic carbocycles. The molecule has 3 heteroatoms. The highest BCUT2D eigenvalue weighted by Gasteiger charge is 2.22. The lowest BCUT2D eigenvalue weighted by Gasteiger charge is -2.35. The third-order valence-corrected chi connectivity index (χ3v) is 4.87. The molecule has 0 aromatic heterocycles. The summed E-state index contributed by atoms with van der Waals surface area (Å²) in [4.78, 5) is 5.19. The van der Waals surface area contributed by atoms with E-state index in [-0.39, 0.29) is 0 Å². The van der Waals surface area contributed by atoms with Crippen LogP contribution in [0, 0.1) is 5.92 Å². The summed E-state index contributed by atoms with van der Waals surface area (Å²) in [5.74, 6) is 0.910. The van der Waals surface area contributed by atoms with Gasteiger partial charge in [0.05, 0.1) is 0 Å². The third kappa shape index (κ3) is 3.33. The van der Waals surface area contributed by atoms with Gasteiger partial charge in [-0.1, -0.05) is 12.1 Å². The average molecular weight is 273 g/mol. The van der Waals surface area contributed by atoms with Crippen molar-refractivity contribution in [2.24, 2.45) is 11.7 Å². The molecule has 2 aliphatic rings. The number of anilines is 1. The summed E-state index contributed by atoms with van der Waals surface area (Å²) in [6.07, 6.45) is 5.50. The zero-order chi connectivity index (χ0) is 13.8. The van der Waals surface area contributed by atoms with Crippen LogP contribution in [0.3, 0.4) is 0 Å². The summed E-state index contributed by atoms with van der Waals surface area (Å²) in [5, 5.41) is 0. The second-order valence-corrected chi connectivity index (χ2v) is 6.31. The lowest BCUT2D eigenvalue weighted by Crippen LogP contribution is -2.38. The summed E-state index contributed by atoms with van der Waals surface area (Å²) in [6, 6.07) is 8.77. The molecule has 1 aromatic carbocycles. The average Bonchev–Trinajstić information content (AvgIpc) is 3.01. The lowest BCUT2D eigenvalue weighted by molar-refractivity contribution is 0.249. The summed E-state index contributed by atoms with van der Waals surface area (Å²) >= 11 is 0. The number of likely N-dealkylation sites (tertiary alicyclic amines) is 1. The number of benzene rings is 1. The maximum atomic E-state index is 5.66. The van der Waals surface area contributed by atoms with Gasteiger partial charge in [0.2, 0.25) is 0 Å². The van der Waals surface area contributed by atoms with Gasteiger partial charge in [0.25, 0.3) is 0 Å². The van der Waals surface area contributed by atoms with Crippen molar-refractivity contribution in [3.8, 4) is 0 Å². The van der Waals surface area contributed by atoms with Crippen molar-refractivity contribution in [3.63, 3.8) is 0 Å². The van der Waals surface area contributed by atoms with Crippen LogP contribution in [0.4, 0.5) is 5.69 Å². The van der Waals surface area contributed by atoms with Crippen molar-refractivity contribution in [1.82, 2.24) is 4.90 Å². The molecule has 2 saturated heterocycles. The molecule has 2 aliphatic heterocycles. The largest absolute Gasteiger partial charge is 0.372 e. The zero-order valence-corrected chi connectivity index (χ0v) is 12.4. The van der Waals surface area contributed by atoms with Crippen molar-refractivity contribution in [2.45, 2.75) is 32.2 Å². The van der Waals surface area contributed by atoms with Gasteiger partial charge in [0.1, 0.15) is 0 Å². The molecule has 2 N–H and O–H groups in total. The Balaban J connectivity index is 1.49. The molecule has 0 unspecified atom stereocenters. The molecule has 110 valence electrons. The third-order valence-electron chi connectivity index (χ3n) is 4.87. The number of nitrogens with two attached hydrogens (primary N) is 1. The van der Waals surface area contributed by atoms with E-state index in [1.165, 1.54) is 69.7 Å². The molecular formula is C17H27N3. The van der Waals surface area contributed by atoms with Gasteiger partial charge in [0, 0.05) is 31.9 Å². The zero-order valence-electron chi connectivity index (χ0n) is 12.4. The van der Waals surface area contributed by atoms with E-state index in [1.807, 2.05) is 0 Å². The van der Waals surface area contributed by atoms with Crippen LogP contribution < -0.4 is 10.6 Å². The van der Waals surface area contributed by atoms with Crippen molar-refractivity contribution < 1.29 is 0 Å². The molecule has 2 heterocycles. The minimum atomic E-state index is 0.637. The van der Waals surface area contributed by atoms with Crippen molar-refractivity contribution in [2.75, 3.05) is 37.6 Å². The van der Waals surface area contributed by atoms with Crippen LogP contribution in [0.25, 0.3) is 0 Å². The summed E-state index contributed by atoms with van der Waals surface area (Å²) in [5.41, 5.74) is 8.24. The number of rotatable bonds is 4. The quantitative estimate of drug-likeness (QED) is 0.914. The number of hydrogen-bond donors (Lipinski definition) is 1. The van der Waals surface area contributed by atoms with Crippen LogP contribution in [0.2, 0.25) is 0 Å². The van der Waals surface area contributed by atoms with Crippen molar-refractivity contribution >= 4 is 5.69 Å². The van der Waals surface area contributed by atoms with E-state index < -0.39 is 0 Å². The first-order chi connectivity index (χ1) is 9.85. The number of nitrogens with zero attached hydrogens (tertiary/aromatic N) is 2. The monoisotopic (exact) mass is 273 g/mol. The van der Waals surface area contributed by atoms with Crippen LogP contribution in [-0.4, -0.2) is 37.6 Å². The molecule has 0 atom stereocenters. The van der Waals surface area contributed by atoms with Gasteiger partial charge in [0.15, 0.2) is 0 Å². The Bertz CT molecular complexity index is 401. The van der Waals surface area contributed by atoms with Crippen LogP contribution in [0.1, 0.15) is 31.2 Å². The SMILES string of the molecule is NCc1ccc(N2CCC(CN3CCCC3)CC2)cc1. The van der Waals surface area contributed by atoms with E-state index in [9.17, 15) is 0 Å². The van der Waals surface area contributed by atoms with E-state index in [0.29, 0.717) is 6.54 Å². The summed E-state index contributed by atoms with van der Waals surface area (Å²) < 4.78 is 0. The van der Waals surface area contributed by atoms with Crippen molar-refractivity contribution in [3.05, 3.63) is 29.8 Å². The predicted molar refractivity (Wildman–Crippen MR) is 84.9 cm³/mol. The standard InChI is InChI=1S/C17H27N3/c18-13-15-3-5-17(6-4-15)20-11-7-16(8-12-20)14-19-9-1-2-10-19/h3-6,16H,1-2,7-14,18H2. The molecule has 3 nitrogen and oxygen atoms in total. The molecule has 0 amide bonds. The maximum Gasteiger partial charge on any atom is 0.0366 e. The molecule has 2 fully saturated rings. The second kappa shape index (κ2) is 6.59. The fourth-order valence-electron chi connectivity index (χ4n) is 3.55. The normalized spacial score (nSPS) is 21.6. The highest BCUT2D eigenvalue weighted by Crippen LogP contribution is 2.25. The number of piperidine rings is 1. The molecule has 20 heavy (non-hydrogen) atoms. The number of hydrogen-bond acceptors (Lipinski definition) is 3. The molecule has 1 aromatic rings. The summed E-state index contributed by atoms with van der Waals surface area (Å²) in [7, 11) is 0. The smallest absolute Gasteiger partial charge is 0.0366 e. The van der Waals surface area contributed by atoms with Gasteiger partial charge in [-0.2, -0.15) is 0 Å². The fraction of sp³-hybridized carbons (Fsp3) is 0.647. The van der Waals surface area contributed by atoms with Gasteiger partial charge < -0.3 is 15.5 Å². The minimum absolute atomic E-state index is 0.637. The van der Waals surface area contributed by atoms with Gasteiger partial charge in [-0.25, -0.2) is 0 Å². The molecule has 0 saturated carbocycles. The Morgan fingerprint density at radius 1 is 0.950 bits per heavy atom. The Morgan fingerprint density at radius 2 is 1.60 bits per heavy atom. The Labute approximate surface area is 122 Å². The Hall–Kier alpha value is -1.06. The molecule has 0 radical (unpaired) electrons. The van der Waals surface area contributed by atoms with E-state index in [1.54, 1.807) is 0 Å². The highest BCUT2D eigenvalue weighted by atomic mass is 15.2. The molecule has 0 spiro atoms. The van der Waals surface area contributed by atoms with Gasteiger partial charge in [-0.05, 0) is 62.4 Å². The topological polar surface area (TPSA) is 32.5 Å². The fourth-order valence-corrected chi connectivity index (χ4v) is 3.55. The van der Waals surface area contributed by atoms with Crippen LogP contribution in [0.15, 0.2) is 24.3 Å². The minimum Gasteiger partial charge on any atom is -0.372 e.